The van der Waals surface area contributed by atoms with Crippen LogP contribution >= 0.6 is 0 Å². The number of benzene rings is 2. The van der Waals surface area contributed by atoms with Crippen LogP contribution in [0.3, 0.4) is 0 Å². The third-order valence-corrected chi connectivity index (χ3v) is 4.30. The van der Waals surface area contributed by atoms with E-state index in [9.17, 15) is 9.18 Å². The van der Waals surface area contributed by atoms with Gasteiger partial charge in [0.2, 0.25) is 0 Å². The molecule has 2 aromatic carbocycles. The summed E-state index contributed by atoms with van der Waals surface area (Å²) in [6.07, 6.45) is 0.908. The molecule has 0 bridgehead atoms. The van der Waals surface area contributed by atoms with Crippen molar-refractivity contribution >= 4 is 17.4 Å². The minimum atomic E-state index is -0.283. The smallest absolute Gasteiger partial charge is 0.319 e. The predicted octanol–water partition coefficient (Wildman–Crippen LogP) is 3.35. The number of nitrogens with one attached hydrogen (secondary N) is 2. The molecule has 0 radical (unpaired) electrons. The molecule has 25 heavy (non-hydrogen) atoms. The highest BCUT2D eigenvalue weighted by atomic mass is 19.1. The zero-order chi connectivity index (χ0) is 17.6. The van der Waals surface area contributed by atoms with Gasteiger partial charge in [-0.05, 0) is 48.7 Å². The summed E-state index contributed by atoms with van der Waals surface area (Å²) in [6, 6.07) is 15.2. The van der Waals surface area contributed by atoms with E-state index in [4.69, 9.17) is 5.26 Å². The highest BCUT2D eigenvalue weighted by Gasteiger charge is 2.24. The van der Waals surface area contributed by atoms with E-state index in [0.717, 1.165) is 19.5 Å². The molecule has 1 saturated heterocycles. The summed E-state index contributed by atoms with van der Waals surface area (Å²) >= 11 is 0. The van der Waals surface area contributed by atoms with Crippen LogP contribution in [0, 0.1) is 23.1 Å². The molecular formula is C19H19FN4O. The maximum Gasteiger partial charge on any atom is 0.319 e. The van der Waals surface area contributed by atoms with Crippen molar-refractivity contribution < 1.29 is 9.18 Å². The first-order chi connectivity index (χ1) is 12.2. The molecule has 2 amide bonds. The maximum atomic E-state index is 13.8. The van der Waals surface area contributed by atoms with E-state index in [-0.39, 0.29) is 17.8 Å². The van der Waals surface area contributed by atoms with Crippen molar-refractivity contribution in [3.63, 3.8) is 0 Å². The van der Waals surface area contributed by atoms with E-state index >= 15 is 0 Å². The molecule has 1 unspecified atom stereocenters. The molecule has 1 aliphatic heterocycles. The molecule has 0 saturated carbocycles. The number of anilines is 2. The minimum absolute atomic E-state index is 0.213. The summed E-state index contributed by atoms with van der Waals surface area (Å²) in [5.74, 6) is 0.0704. The number of carbonyl (C=O) groups excluding carboxylic acids is 1. The Morgan fingerprint density at radius 2 is 2.00 bits per heavy atom. The SMILES string of the molecule is N#Cc1ccc(NC(=O)NCC2CCN(c3ccccc3F)C2)cc1. The van der Waals surface area contributed by atoms with Crippen molar-refractivity contribution in [2.75, 3.05) is 29.9 Å². The standard InChI is InChI=1S/C19H19FN4O/c20-17-3-1-2-4-18(17)24-10-9-15(13-24)12-22-19(25)23-16-7-5-14(11-21)6-8-16/h1-8,15H,9-10,12-13H2,(H2,22,23,25). The lowest BCUT2D eigenvalue weighted by molar-refractivity contribution is 0.250. The van der Waals surface area contributed by atoms with Gasteiger partial charge in [0.25, 0.3) is 0 Å². The molecule has 1 atom stereocenters. The molecule has 3 rings (SSSR count). The Morgan fingerprint density at radius 3 is 2.72 bits per heavy atom. The Kier molecular flexibility index (Phi) is 5.14. The Hall–Kier alpha value is -3.07. The largest absolute Gasteiger partial charge is 0.369 e. The van der Waals surface area contributed by atoms with Gasteiger partial charge in [-0.2, -0.15) is 5.26 Å². The summed E-state index contributed by atoms with van der Waals surface area (Å²) < 4.78 is 13.8. The van der Waals surface area contributed by atoms with Crippen LogP contribution in [-0.2, 0) is 0 Å². The molecule has 0 spiro atoms. The van der Waals surface area contributed by atoms with Crippen molar-refractivity contribution in [2.45, 2.75) is 6.42 Å². The van der Waals surface area contributed by atoms with E-state index in [1.807, 2.05) is 17.0 Å². The summed E-state index contributed by atoms with van der Waals surface area (Å²) in [4.78, 5) is 14.0. The van der Waals surface area contributed by atoms with Crippen LogP contribution in [-0.4, -0.2) is 25.7 Å². The number of urea groups is 1. The van der Waals surface area contributed by atoms with Crippen LogP contribution in [0.25, 0.3) is 0 Å². The number of hydrogen-bond acceptors (Lipinski definition) is 3. The predicted molar refractivity (Wildman–Crippen MR) is 94.9 cm³/mol. The summed E-state index contributed by atoms with van der Waals surface area (Å²) in [7, 11) is 0. The van der Waals surface area contributed by atoms with Crippen molar-refractivity contribution in [2.24, 2.45) is 5.92 Å². The monoisotopic (exact) mass is 338 g/mol. The first-order valence-corrected chi connectivity index (χ1v) is 8.20. The Labute approximate surface area is 146 Å². The fourth-order valence-corrected chi connectivity index (χ4v) is 2.97. The lowest BCUT2D eigenvalue weighted by Gasteiger charge is -2.19. The molecule has 2 aromatic rings. The van der Waals surface area contributed by atoms with Gasteiger partial charge in [-0.3, -0.25) is 0 Å². The van der Waals surface area contributed by atoms with E-state index in [1.54, 1.807) is 36.4 Å². The van der Waals surface area contributed by atoms with Crippen LogP contribution in [0.15, 0.2) is 48.5 Å². The first kappa shape index (κ1) is 16.8. The second kappa shape index (κ2) is 7.67. The van der Waals surface area contributed by atoms with Crippen molar-refractivity contribution in [1.29, 1.82) is 5.26 Å². The first-order valence-electron chi connectivity index (χ1n) is 8.20. The fourth-order valence-electron chi connectivity index (χ4n) is 2.97. The normalized spacial score (nSPS) is 16.3. The van der Waals surface area contributed by atoms with Gasteiger partial charge < -0.3 is 15.5 Å². The number of nitriles is 1. The van der Waals surface area contributed by atoms with E-state index in [2.05, 4.69) is 10.6 Å². The summed E-state index contributed by atoms with van der Waals surface area (Å²) in [6.45, 7) is 2.04. The summed E-state index contributed by atoms with van der Waals surface area (Å²) in [5.41, 5.74) is 1.80. The van der Waals surface area contributed by atoms with E-state index in [1.165, 1.54) is 6.07 Å². The molecule has 1 fully saturated rings. The molecule has 2 N–H and O–H groups in total. The van der Waals surface area contributed by atoms with Gasteiger partial charge in [-0.25, -0.2) is 9.18 Å². The van der Waals surface area contributed by atoms with Crippen LogP contribution in [0.5, 0.6) is 0 Å². The molecule has 0 aromatic heterocycles. The number of hydrogen-bond donors (Lipinski definition) is 2. The Morgan fingerprint density at radius 1 is 1.24 bits per heavy atom. The Balaban J connectivity index is 1.47. The van der Waals surface area contributed by atoms with Crippen LogP contribution < -0.4 is 15.5 Å². The average molecular weight is 338 g/mol. The molecule has 0 aliphatic carbocycles. The van der Waals surface area contributed by atoms with Gasteiger partial charge in [-0.15, -0.1) is 0 Å². The van der Waals surface area contributed by atoms with Gasteiger partial charge >= 0.3 is 6.03 Å². The van der Waals surface area contributed by atoms with Crippen LogP contribution in [0.2, 0.25) is 0 Å². The number of nitrogens with zero attached hydrogens (tertiary/aromatic N) is 2. The van der Waals surface area contributed by atoms with E-state index in [0.29, 0.717) is 23.5 Å². The highest BCUT2D eigenvalue weighted by molar-refractivity contribution is 5.89. The number of para-hydroxylation sites is 1. The van der Waals surface area contributed by atoms with Gasteiger partial charge in [0.1, 0.15) is 5.82 Å². The number of carbonyl (C=O) groups is 1. The Bertz CT molecular complexity index is 785. The number of rotatable bonds is 4. The molecule has 5 nitrogen and oxygen atoms in total. The average Bonchev–Trinajstić information content (AvgIpc) is 3.10. The minimum Gasteiger partial charge on any atom is -0.369 e. The second-order valence-electron chi connectivity index (χ2n) is 6.08. The topological polar surface area (TPSA) is 68.2 Å². The zero-order valence-corrected chi connectivity index (χ0v) is 13.7. The number of halogens is 1. The van der Waals surface area contributed by atoms with Gasteiger partial charge in [-0.1, -0.05) is 12.1 Å². The second-order valence-corrected chi connectivity index (χ2v) is 6.08. The van der Waals surface area contributed by atoms with Crippen molar-refractivity contribution in [3.8, 4) is 6.07 Å². The zero-order valence-electron chi connectivity index (χ0n) is 13.7. The quantitative estimate of drug-likeness (QED) is 0.898. The molecule has 128 valence electrons. The van der Waals surface area contributed by atoms with Gasteiger partial charge in [0.05, 0.1) is 17.3 Å². The molecule has 1 aliphatic rings. The molecule has 6 heteroatoms. The summed E-state index contributed by atoms with van der Waals surface area (Å²) in [5, 5.41) is 14.3. The molecular weight excluding hydrogens is 319 g/mol. The van der Waals surface area contributed by atoms with E-state index < -0.39 is 0 Å². The third kappa shape index (κ3) is 4.27. The van der Waals surface area contributed by atoms with Crippen LogP contribution in [0.4, 0.5) is 20.6 Å². The maximum absolute atomic E-state index is 13.8. The fraction of sp³-hybridized carbons (Fsp3) is 0.263. The van der Waals surface area contributed by atoms with Gasteiger partial charge in [0, 0.05) is 25.3 Å². The van der Waals surface area contributed by atoms with Crippen molar-refractivity contribution in [1.82, 2.24) is 5.32 Å². The van der Waals surface area contributed by atoms with Crippen LogP contribution in [0.1, 0.15) is 12.0 Å². The highest BCUT2D eigenvalue weighted by Crippen LogP contribution is 2.25. The third-order valence-electron chi connectivity index (χ3n) is 4.30. The molecule has 1 heterocycles. The van der Waals surface area contributed by atoms with Gasteiger partial charge in [0.15, 0.2) is 0 Å². The lowest BCUT2D eigenvalue weighted by Crippen LogP contribution is -2.34. The van der Waals surface area contributed by atoms with Crippen molar-refractivity contribution in [3.05, 3.63) is 59.9 Å². The number of amides is 2. The lowest BCUT2D eigenvalue weighted by atomic mass is 10.1.